The number of hydrogen-bond acceptors (Lipinski definition) is 2. The van der Waals surface area contributed by atoms with E-state index in [-0.39, 0.29) is 11.6 Å². The van der Waals surface area contributed by atoms with Gasteiger partial charge in [-0.3, -0.25) is 4.90 Å². The fourth-order valence-electron chi connectivity index (χ4n) is 3.26. The SMILES string of the molecule is CCC(C)(C)N(C)C1CC(O)CCC1C(C)(C)C. The number of nitrogens with zero attached hydrogens (tertiary/aromatic N) is 1. The lowest BCUT2D eigenvalue weighted by Gasteiger charge is -2.50. The van der Waals surface area contributed by atoms with Gasteiger partial charge >= 0.3 is 0 Å². The Morgan fingerprint density at radius 3 is 2.11 bits per heavy atom. The first-order valence-electron chi connectivity index (χ1n) is 7.50. The molecule has 1 aliphatic carbocycles. The molecule has 1 fully saturated rings. The zero-order valence-electron chi connectivity index (χ0n) is 13.5. The van der Waals surface area contributed by atoms with Crippen LogP contribution < -0.4 is 0 Å². The Morgan fingerprint density at radius 2 is 1.67 bits per heavy atom. The van der Waals surface area contributed by atoms with E-state index in [0.29, 0.717) is 17.4 Å². The Hall–Kier alpha value is -0.0800. The van der Waals surface area contributed by atoms with Crippen molar-refractivity contribution in [1.82, 2.24) is 4.90 Å². The van der Waals surface area contributed by atoms with Gasteiger partial charge in [-0.15, -0.1) is 0 Å². The summed E-state index contributed by atoms with van der Waals surface area (Å²) in [7, 11) is 2.24. The van der Waals surface area contributed by atoms with Gasteiger partial charge in [-0.2, -0.15) is 0 Å². The van der Waals surface area contributed by atoms with E-state index in [2.05, 4.69) is 53.5 Å². The summed E-state index contributed by atoms with van der Waals surface area (Å²) in [5.74, 6) is 0.678. The monoisotopic (exact) mass is 255 g/mol. The lowest BCUT2D eigenvalue weighted by molar-refractivity contribution is -0.0375. The summed E-state index contributed by atoms with van der Waals surface area (Å²) in [5, 5.41) is 10.0. The van der Waals surface area contributed by atoms with Crippen molar-refractivity contribution >= 4 is 0 Å². The second-order valence-electron chi connectivity index (χ2n) is 7.78. The molecular weight excluding hydrogens is 222 g/mol. The van der Waals surface area contributed by atoms with Crippen molar-refractivity contribution in [2.45, 2.75) is 84.9 Å². The first-order chi connectivity index (χ1) is 8.09. The van der Waals surface area contributed by atoms with Crippen molar-refractivity contribution in [3.8, 4) is 0 Å². The summed E-state index contributed by atoms with van der Waals surface area (Å²) < 4.78 is 0. The zero-order chi connectivity index (χ0) is 14.1. The van der Waals surface area contributed by atoms with Gasteiger partial charge in [-0.05, 0) is 57.9 Å². The van der Waals surface area contributed by atoms with Crippen LogP contribution in [-0.4, -0.2) is 34.7 Å². The van der Waals surface area contributed by atoms with Crippen LogP contribution in [0.5, 0.6) is 0 Å². The molecule has 0 aromatic heterocycles. The highest BCUT2D eigenvalue weighted by molar-refractivity contribution is 4.95. The predicted molar refractivity (Wildman–Crippen MR) is 78.7 cm³/mol. The molecule has 0 amide bonds. The van der Waals surface area contributed by atoms with Crippen LogP contribution in [0.3, 0.4) is 0 Å². The van der Waals surface area contributed by atoms with E-state index < -0.39 is 0 Å². The van der Waals surface area contributed by atoms with Gasteiger partial charge in [-0.25, -0.2) is 0 Å². The second kappa shape index (κ2) is 5.50. The van der Waals surface area contributed by atoms with Crippen LogP contribution in [0.15, 0.2) is 0 Å². The molecule has 0 aliphatic heterocycles. The maximum atomic E-state index is 10.0. The van der Waals surface area contributed by atoms with Crippen LogP contribution in [0.25, 0.3) is 0 Å². The Bertz CT molecular complexity index is 267. The van der Waals surface area contributed by atoms with Gasteiger partial charge in [0.15, 0.2) is 0 Å². The summed E-state index contributed by atoms with van der Waals surface area (Å²) in [4.78, 5) is 2.52. The lowest BCUT2D eigenvalue weighted by atomic mass is 9.68. The third-order valence-electron chi connectivity index (χ3n) is 5.22. The molecule has 2 nitrogen and oxygen atoms in total. The van der Waals surface area contributed by atoms with E-state index in [1.807, 2.05) is 0 Å². The third-order valence-corrected chi connectivity index (χ3v) is 5.22. The van der Waals surface area contributed by atoms with E-state index in [9.17, 15) is 5.11 Å². The quantitative estimate of drug-likeness (QED) is 0.831. The number of aliphatic hydroxyl groups excluding tert-OH is 1. The van der Waals surface area contributed by atoms with Gasteiger partial charge in [0.1, 0.15) is 0 Å². The highest BCUT2D eigenvalue weighted by Gasteiger charge is 2.41. The van der Waals surface area contributed by atoms with Gasteiger partial charge in [0.05, 0.1) is 6.10 Å². The molecule has 0 bridgehead atoms. The highest BCUT2D eigenvalue weighted by atomic mass is 16.3. The highest BCUT2D eigenvalue weighted by Crippen LogP contribution is 2.42. The Labute approximate surface area is 114 Å². The van der Waals surface area contributed by atoms with E-state index >= 15 is 0 Å². The minimum atomic E-state index is -0.108. The molecule has 0 aromatic rings. The van der Waals surface area contributed by atoms with E-state index in [4.69, 9.17) is 0 Å². The molecule has 0 spiro atoms. The minimum Gasteiger partial charge on any atom is -0.393 e. The maximum Gasteiger partial charge on any atom is 0.0555 e. The minimum absolute atomic E-state index is 0.108. The molecule has 0 radical (unpaired) electrons. The predicted octanol–water partition coefficient (Wildman–Crippen LogP) is 3.68. The standard InChI is InChI=1S/C16H33NO/c1-8-16(5,6)17(7)14-11-12(18)9-10-13(14)15(2,3)4/h12-14,18H,8-11H2,1-7H3. The van der Waals surface area contributed by atoms with Crippen molar-refractivity contribution in [2.24, 2.45) is 11.3 Å². The molecule has 3 atom stereocenters. The molecule has 108 valence electrons. The number of aliphatic hydroxyl groups is 1. The van der Waals surface area contributed by atoms with Gasteiger partial charge in [0.2, 0.25) is 0 Å². The number of rotatable bonds is 3. The van der Waals surface area contributed by atoms with Gasteiger partial charge in [-0.1, -0.05) is 27.7 Å². The van der Waals surface area contributed by atoms with Crippen molar-refractivity contribution in [3.05, 3.63) is 0 Å². The molecular formula is C16H33NO. The van der Waals surface area contributed by atoms with Crippen molar-refractivity contribution in [1.29, 1.82) is 0 Å². The van der Waals surface area contributed by atoms with E-state index in [1.54, 1.807) is 0 Å². The van der Waals surface area contributed by atoms with Crippen LogP contribution in [0.4, 0.5) is 0 Å². The first kappa shape index (κ1) is 16.0. The van der Waals surface area contributed by atoms with Gasteiger partial charge < -0.3 is 5.11 Å². The fourth-order valence-corrected chi connectivity index (χ4v) is 3.26. The summed E-state index contributed by atoms with van der Waals surface area (Å²) >= 11 is 0. The molecule has 1 rings (SSSR count). The topological polar surface area (TPSA) is 23.5 Å². The molecule has 18 heavy (non-hydrogen) atoms. The average molecular weight is 255 g/mol. The molecule has 2 heteroatoms. The lowest BCUT2D eigenvalue weighted by Crippen LogP contribution is -2.55. The average Bonchev–Trinajstić information content (AvgIpc) is 2.26. The van der Waals surface area contributed by atoms with E-state index in [1.165, 1.54) is 0 Å². The Balaban J connectivity index is 2.92. The molecule has 0 aromatic carbocycles. The van der Waals surface area contributed by atoms with Crippen molar-refractivity contribution in [2.75, 3.05) is 7.05 Å². The van der Waals surface area contributed by atoms with Gasteiger partial charge in [0.25, 0.3) is 0 Å². The van der Waals surface area contributed by atoms with E-state index in [0.717, 1.165) is 25.7 Å². The van der Waals surface area contributed by atoms with Crippen molar-refractivity contribution in [3.63, 3.8) is 0 Å². The largest absolute Gasteiger partial charge is 0.393 e. The summed E-state index contributed by atoms with van der Waals surface area (Å²) in [6.07, 6.45) is 4.09. The zero-order valence-corrected chi connectivity index (χ0v) is 13.5. The van der Waals surface area contributed by atoms with Crippen LogP contribution in [-0.2, 0) is 0 Å². The molecule has 3 unspecified atom stereocenters. The molecule has 1 N–H and O–H groups in total. The van der Waals surface area contributed by atoms with Crippen LogP contribution in [0.1, 0.15) is 67.2 Å². The van der Waals surface area contributed by atoms with Gasteiger partial charge in [0, 0.05) is 11.6 Å². The van der Waals surface area contributed by atoms with Crippen LogP contribution in [0.2, 0.25) is 0 Å². The Kier molecular flexibility index (Phi) is 4.88. The summed E-state index contributed by atoms with van der Waals surface area (Å²) in [5.41, 5.74) is 0.536. The maximum absolute atomic E-state index is 10.0. The summed E-state index contributed by atoms with van der Waals surface area (Å²) in [6, 6.07) is 0.503. The third kappa shape index (κ3) is 3.48. The fraction of sp³-hybridized carbons (Fsp3) is 1.00. The number of hydrogen-bond donors (Lipinski definition) is 1. The van der Waals surface area contributed by atoms with Crippen LogP contribution in [0, 0.1) is 11.3 Å². The van der Waals surface area contributed by atoms with Crippen LogP contribution >= 0.6 is 0 Å². The molecule has 0 saturated heterocycles. The molecule has 1 saturated carbocycles. The summed E-state index contributed by atoms with van der Waals surface area (Å²) in [6.45, 7) is 13.9. The molecule has 1 aliphatic rings. The molecule has 0 heterocycles. The Morgan fingerprint density at radius 1 is 1.11 bits per heavy atom. The normalized spacial score (nSPS) is 30.8. The first-order valence-corrected chi connectivity index (χ1v) is 7.50. The van der Waals surface area contributed by atoms with Crippen molar-refractivity contribution < 1.29 is 5.11 Å². The smallest absolute Gasteiger partial charge is 0.0555 e. The second-order valence-corrected chi connectivity index (χ2v) is 7.78.